The fourth-order valence-corrected chi connectivity index (χ4v) is 4.39. The summed E-state index contributed by atoms with van der Waals surface area (Å²) in [5.41, 5.74) is 11.2. The smallest absolute Gasteiger partial charge is 0.405 e. The van der Waals surface area contributed by atoms with Crippen molar-refractivity contribution in [3.8, 4) is 22.5 Å². The molecule has 10 heteroatoms. The summed E-state index contributed by atoms with van der Waals surface area (Å²) in [7, 11) is 0. The van der Waals surface area contributed by atoms with E-state index < -0.39 is 36.4 Å². The number of hydrogen-bond donors (Lipinski definition) is 5. The maximum Gasteiger partial charge on any atom is 0.405 e. The molecule has 1 aliphatic rings. The van der Waals surface area contributed by atoms with E-state index in [1.807, 2.05) is 48.5 Å². The third-order valence-corrected chi connectivity index (χ3v) is 5.79. The van der Waals surface area contributed by atoms with Gasteiger partial charge in [-0.15, -0.1) is 0 Å². The number of imidazole rings is 1. The van der Waals surface area contributed by atoms with E-state index in [1.165, 1.54) is 0 Å². The number of carbonyl (C=O) groups is 3. The number of nitrogens with one attached hydrogen (secondary N) is 3. The van der Waals surface area contributed by atoms with Gasteiger partial charge in [0, 0.05) is 11.8 Å². The van der Waals surface area contributed by atoms with Crippen LogP contribution in [-0.4, -0.2) is 44.0 Å². The summed E-state index contributed by atoms with van der Waals surface area (Å²) in [6.45, 7) is 0. The van der Waals surface area contributed by atoms with Crippen molar-refractivity contribution < 1.29 is 19.5 Å². The Morgan fingerprint density at radius 1 is 1.06 bits per heavy atom. The Bertz CT molecular complexity index is 1400. The number of H-pyrrole nitrogens is 1. The van der Waals surface area contributed by atoms with E-state index in [-0.39, 0.29) is 0 Å². The lowest BCUT2D eigenvalue weighted by molar-refractivity contribution is -0.127. The quantitative estimate of drug-likeness (QED) is 0.299. The average molecular weight is 456 g/mol. The van der Waals surface area contributed by atoms with Gasteiger partial charge in [-0.1, -0.05) is 42.5 Å². The zero-order chi connectivity index (χ0) is 23.8. The van der Waals surface area contributed by atoms with Crippen LogP contribution in [0.3, 0.4) is 0 Å². The molecule has 1 unspecified atom stereocenters. The molecule has 2 aromatic heterocycles. The topological polar surface area (TPSA) is 163 Å². The lowest BCUT2D eigenvalue weighted by atomic mass is 9.98. The predicted octanol–water partition coefficient (Wildman–Crippen LogP) is 2.32. The second kappa shape index (κ2) is 8.32. The van der Waals surface area contributed by atoms with Crippen molar-refractivity contribution in [1.29, 1.82) is 0 Å². The first-order valence-corrected chi connectivity index (χ1v) is 10.5. The van der Waals surface area contributed by atoms with Crippen LogP contribution in [0.1, 0.15) is 23.6 Å². The van der Waals surface area contributed by atoms with Crippen LogP contribution >= 0.6 is 0 Å². The van der Waals surface area contributed by atoms with Gasteiger partial charge in [0.25, 0.3) is 0 Å². The molecule has 0 fully saturated rings. The number of fused-ring (bicyclic) bond motifs is 4. The highest BCUT2D eigenvalue weighted by Crippen LogP contribution is 2.47. The van der Waals surface area contributed by atoms with E-state index in [1.54, 1.807) is 12.4 Å². The Hall–Kier alpha value is -4.73. The molecule has 0 saturated heterocycles. The SMILES string of the molecule is NC(=O)C[C@H](NC(=O)O)C(=O)NC1c2ccccc2-c2c(-c3nc4ccncc4[nH]3)cccc21. The summed E-state index contributed by atoms with van der Waals surface area (Å²) in [6, 6.07) is 13.3. The number of nitrogens with two attached hydrogens (primary N) is 1. The van der Waals surface area contributed by atoms with Crippen LogP contribution in [0.5, 0.6) is 0 Å². The molecule has 2 aromatic carbocycles. The number of primary amides is 1. The number of hydrogen-bond acceptors (Lipinski definition) is 5. The molecule has 0 radical (unpaired) electrons. The summed E-state index contributed by atoms with van der Waals surface area (Å²) in [4.78, 5) is 47.7. The molecule has 2 atom stereocenters. The molecule has 10 nitrogen and oxygen atoms in total. The van der Waals surface area contributed by atoms with Gasteiger partial charge < -0.3 is 26.5 Å². The van der Waals surface area contributed by atoms with E-state index in [0.717, 1.165) is 38.9 Å². The Morgan fingerprint density at radius 2 is 1.82 bits per heavy atom. The highest BCUT2D eigenvalue weighted by Gasteiger charge is 2.34. The van der Waals surface area contributed by atoms with Crippen molar-refractivity contribution in [2.24, 2.45) is 5.73 Å². The van der Waals surface area contributed by atoms with Gasteiger partial charge in [0.2, 0.25) is 11.8 Å². The Balaban J connectivity index is 1.57. The van der Waals surface area contributed by atoms with Crippen LogP contribution in [0.15, 0.2) is 60.9 Å². The van der Waals surface area contributed by atoms with Crippen molar-refractivity contribution in [2.45, 2.75) is 18.5 Å². The van der Waals surface area contributed by atoms with Gasteiger partial charge in [-0.05, 0) is 28.3 Å². The maximum atomic E-state index is 13.0. The summed E-state index contributed by atoms with van der Waals surface area (Å²) in [5.74, 6) is -0.766. The third kappa shape index (κ3) is 3.71. The van der Waals surface area contributed by atoms with E-state index in [2.05, 4.69) is 20.6 Å². The van der Waals surface area contributed by atoms with E-state index in [0.29, 0.717) is 5.82 Å². The molecule has 0 spiro atoms. The van der Waals surface area contributed by atoms with Crippen molar-refractivity contribution in [1.82, 2.24) is 25.6 Å². The molecule has 170 valence electrons. The standard InChI is InChI=1S/C24H20N6O4/c25-19(31)10-17(29-24(33)34)23(32)30-21-13-5-2-1-4-12(13)20-14(21)6-3-7-15(20)22-27-16-8-9-26-11-18(16)28-22/h1-9,11,17,21,29H,10H2,(H2,25,31)(H,27,28)(H,30,32)(H,33,34)/t17-,21?/m0/s1. The second-order valence-corrected chi connectivity index (χ2v) is 7.95. The number of carboxylic acid groups (broad SMARTS) is 1. The molecule has 34 heavy (non-hydrogen) atoms. The lowest BCUT2D eigenvalue weighted by Gasteiger charge is -2.21. The number of carbonyl (C=O) groups excluding carboxylic acids is 2. The summed E-state index contributed by atoms with van der Waals surface area (Å²) in [6.07, 6.45) is 1.51. The van der Waals surface area contributed by atoms with Crippen molar-refractivity contribution >= 4 is 28.9 Å². The van der Waals surface area contributed by atoms with Crippen LogP contribution in [0.2, 0.25) is 0 Å². The average Bonchev–Trinajstić information content (AvgIpc) is 3.38. The van der Waals surface area contributed by atoms with Gasteiger partial charge in [0.1, 0.15) is 11.9 Å². The highest BCUT2D eigenvalue weighted by atomic mass is 16.4. The number of nitrogens with zero attached hydrogens (tertiary/aromatic N) is 2. The molecule has 0 bridgehead atoms. The first-order chi connectivity index (χ1) is 16.4. The maximum absolute atomic E-state index is 13.0. The number of rotatable bonds is 6. The molecule has 0 aliphatic heterocycles. The largest absolute Gasteiger partial charge is 0.465 e. The van der Waals surface area contributed by atoms with Gasteiger partial charge in [-0.3, -0.25) is 14.6 Å². The van der Waals surface area contributed by atoms with Gasteiger partial charge in [0.05, 0.1) is 29.7 Å². The molecule has 5 rings (SSSR count). The fraction of sp³-hybridized carbons (Fsp3) is 0.125. The van der Waals surface area contributed by atoms with E-state index in [9.17, 15) is 14.4 Å². The minimum Gasteiger partial charge on any atom is -0.465 e. The van der Waals surface area contributed by atoms with Gasteiger partial charge in [0.15, 0.2) is 0 Å². The molecule has 4 aromatic rings. The molecule has 3 amide bonds. The predicted molar refractivity (Wildman–Crippen MR) is 124 cm³/mol. The molecule has 1 aliphatic carbocycles. The van der Waals surface area contributed by atoms with E-state index in [4.69, 9.17) is 15.8 Å². The first-order valence-electron chi connectivity index (χ1n) is 10.5. The Morgan fingerprint density at radius 3 is 2.59 bits per heavy atom. The van der Waals surface area contributed by atoms with Gasteiger partial charge in [-0.2, -0.15) is 0 Å². The number of aromatic nitrogens is 3. The van der Waals surface area contributed by atoms with Crippen LogP contribution < -0.4 is 16.4 Å². The fourth-order valence-electron chi connectivity index (χ4n) is 4.39. The molecule has 6 N–H and O–H groups in total. The molecular weight excluding hydrogens is 436 g/mol. The van der Waals surface area contributed by atoms with Crippen molar-refractivity contribution in [2.75, 3.05) is 0 Å². The minimum absolute atomic E-state index is 0.452. The zero-order valence-corrected chi connectivity index (χ0v) is 17.8. The first kappa shape index (κ1) is 21.1. The highest BCUT2D eigenvalue weighted by molar-refractivity contribution is 5.95. The van der Waals surface area contributed by atoms with Crippen LogP contribution in [-0.2, 0) is 9.59 Å². The van der Waals surface area contributed by atoms with Gasteiger partial charge in [-0.25, -0.2) is 9.78 Å². The summed E-state index contributed by atoms with van der Waals surface area (Å²) < 4.78 is 0. The summed E-state index contributed by atoms with van der Waals surface area (Å²) in [5, 5.41) is 14.0. The Labute approximate surface area is 193 Å². The Kier molecular flexibility index (Phi) is 5.17. The van der Waals surface area contributed by atoms with Gasteiger partial charge >= 0.3 is 6.09 Å². The van der Waals surface area contributed by atoms with E-state index >= 15 is 0 Å². The second-order valence-electron chi connectivity index (χ2n) is 7.95. The van der Waals surface area contributed by atoms with Crippen LogP contribution in [0, 0.1) is 0 Å². The minimum atomic E-state index is -1.42. The monoisotopic (exact) mass is 456 g/mol. The van der Waals surface area contributed by atoms with Crippen molar-refractivity contribution in [3.05, 3.63) is 72.1 Å². The molecule has 2 heterocycles. The summed E-state index contributed by atoms with van der Waals surface area (Å²) >= 11 is 0. The normalized spacial score (nSPS) is 14.8. The molecule has 0 saturated carbocycles. The van der Waals surface area contributed by atoms with Crippen LogP contribution in [0.4, 0.5) is 4.79 Å². The number of amides is 3. The van der Waals surface area contributed by atoms with Crippen molar-refractivity contribution in [3.63, 3.8) is 0 Å². The lowest BCUT2D eigenvalue weighted by Crippen LogP contribution is -2.49. The zero-order valence-electron chi connectivity index (χ0n) is 17.8. The molecular formula is C24H20N6O4. The number of pyridine rings is 1. The number of aromatic amines is 1. The number of benzene rings is 2. The van der Waals surface area contributed by atoms with Crippen LogP contribution in [0.25, 0.3) is 33.5 Å². The third-order valence-electron chi connectivity index (χ3n) is 5.79.